The maximum absolute atomic E-state index is 13.3. The zero-order valence-electron chi connectivity index (χ0n) is 17.5. The average Bonchev–Trinajstić information content (AvgIpc) is 3.58. The minimum absolute atomic E-state index is 0.185. The maximum Gasteiger partial charge on any atom is 0.274 e. The van der Waals surface area contributed by atoms with Crippen LogP contribution in [-0.2, 0) is 16.6 Å². The van der Waals surface area contributed by atoms with Crippen LogP contribution in [0.5, 0.6) is 0 Å². The second-order valence-electron chi connectivity index (χ2n) is 7.80. The van der Waals surface area contributed by atoms with Crippen LogP contribution in [0.25, 0.3) is 21.6 Å². The van der Waals surface area contributed by atoms with Crippen molar-refractivity contribution in [3.63, 3.8) is 0 Å². The number of aromatic nitrogens is 2. The van der Waals surface area contributed by atoms with Crippen LogP contribution < -0.4 is 4.31 Å². The van der Waals surface area contributed by atoms with Crippen LogP contribution in [0.4, 0.5) is 5.69 Å². The van der Waals surface area contributed by atoms with Gasteiger partial charge < -0.3 is 4.98 Å². The van der Waals surface area contributed by atoms with Gasteiger partial charge >= 0.3 is 0 Å². The molecule has 0 radical (unpaired) electrons. The second-order valence-corrected chi connectivity index (χ2v) is 11.9. The molecule has 1 aliphatic heterocycles. The lowest BCUT2D eigenvalue weighted by molar-refractivity contribution is 0.334. The van der Waals surface area contributed by atoms with Gasteiger partial charge in [0.1, 0.15) is 9.22 Å². The van der Waals surface area contributed by atoms with Gasteiger partial charge in [0.2, 0.25) is 0 Å². The molecule has 1 aliphatic rings. The largest absolute Gasteiger partial charge is 0.351 e. The number of nitrogens with zero attached hydrogens (tertiary/aromatic N) is 3. The molecular weight excluding hydrogens is 460 g/mol. The SMILES string of the molecule is C=CCN(c1cccc2cc(-c3ncc(CN4CCCC4)s3)[nH]c12)S(=O)(=O)c1cccs1. The summed E-state index contributed by atoms with van der Waals surface area (Å²) in [6.45, 7) is 7.21. The molecule has 0 bridgehead atoms. The number of likely N-dealkylation sites (tertiary alicyclic amines) is 1. The molecule has 5 rings (SSSR count). The number of para-hydroxylation sites is 1. The summed E-state index contributed by atoms with van der Waals surface area (Å²) < 4.78 is 28.4. The minimum atomic E-state index is -3.69. The zero-order valence-corrected chi connectivity index (χ0v) is 20.0. The van der Waals surface area contributed by atoms with Crippen LogP contribution in [0.15, 0.2) is 64.8 Å². The lowest BCUT2D eigenvalue weighted by Crippen LogP contribution is -2.30. The van der Waals surface area contributed by atoms with Gasteiger partial charge in [-0.15, -0.1) is 29.3 Å². The molecule has 0 saturated carbocycles. The molecule has 0 aliphatic carbocycles. The topological polar surface area (TPSA) is 69.3 Å². The number of hydrogen-bond acceptors (Lipinski definition) is 6. The van der Waals surface area contributed by atoms with E-state index in [4.69, 9.17) is 0 Å². The summed E-state index contributed by atoms with van der Waals surface area (Å²) in [5.41, 5.74) is 2.29. The fourth-order valence-electron chi connectivity index (χ4n) is 4.09. The highest BCUT2D eigenvalue weighted by Gasteiger charge is 2.27. The summed E-state index contributed by atoms with van der Waals surface area (Å²) >= 11 is 2.90. The first-order valence-corrected chi connectivity index (χ1v) is 13.7. The predicted molar refractivity (Wildman–Crippen MR) is 133 cm³/mol. The summed E-state index contributed by atoms with van der Waals surface area (Å²) in [7, 11) is -3.69. The Labute approximate surface area is 195 Å². The van der Waals surface area contributed by atoms with Crippen molar-refractivity contribution in [3.8, 4) is 10.7 Å². The number of H-pyrrole nitrogens is 1. The van der Waals surface area contributed by atoms with E-state index in [1.54, 1.807) is 34.9 Å². The van der Waals surface area contributed by atoms with Gasteiger partial charge in [-0.2, -0.15) is 0 Å². The standard InChI is InChI=1S/C23H24N4O2S3/c1-2-10-27(32(28,29)21-9-6-13-30-21)20-8-5-7-17-14-19(25-22(17)20)23-24-15-18(31-23)16-26-11-3-4-12-26/h2,5-9,13-15,25H,1,3-4,10-12,16H2. The summed E-state index contributed by atoms with van der Waals surface area (Å²) in [6.07, 6.45) is 6.10. The van der Waals surface area contributed by atoms with Crippen LogP contribution in [0.1, 0.15) is 17.7 Å². The Morgan fingerprint density at radius 2 is 2.06 bits per heavy atom. The van der Waals surface area contributed by atoms with Crippen LogP contribution in [0.2, 0.25) is 0 Å². The number of rotatable bonds is 8. The highest BCUT2D eigenvalue weighted by atomic mass is 32.2. The predicted octanol–water partition coefficient (Wildman–Crippen LogP) is 5.33. The van der Waals surface area contributed by atoms with Gasteiger partial charge in [-0.3, -0.25) is 9.21 Å². The lowest BCUT2D eigenvalue weighted by Gasteiger charge is -2.23. The number of fused-ring (bicyclic) bond motifs is 1. The second kappa shape index (κ2) is 8.82. The van der Waals surface area contributed by atoms with Crippen LogP contribution >= 0.6 is 22.7 Å². The van der Waals surface area contributed by atoms with Crippen LogP contribution in [0.3, 0.4) is 0 Å². The first-order valence-electron chi connectivity index (χ1n) is 10.5. The quantitative estimate of drug-likeness (QED) is 0.343. The normalized spacial score (nSPS) is 14.9. The van der Waals surface area contributed by atoms with Crippen LogP contribution in [0, 0.1) is 0 Å². The molecule has 9 heteroatoms. The summed E-state index contributed by atoms with van der Waals surface area (Å²) in [4.78, 5) is 11.8. The molecule has 32 heavy (non-hydrogen) atoms. The Morgan fingerprint density at radius 1 is 1.22 bits per heavy atom. The van der Waals surface area contributed by atoms with E-state index in [-0.39, 0.29) is 6.54 Å². The summed E-state index contributed by atoms with van der Waals surface area (Å²) in [5.74, 6) is 0. The van der Waals surface area contributed by atoms with Crippen molar-refractivity contribution in [1.29, 1.82) is 0 Å². The summed E-state index contributed by atoms with van der Waals surface area (Å²) in [6, 6.07) is 11.1. The molecule has 4 heterocycles. The molecule has 0 spiro atoms. The van der Waals surface area contributed by atoms with Gasteiger partial charge in [0.15, 0.2) is 0 Å². The minimum Gasteiger partial charge on any atom is -0.351 e. The molecule has 3 aromatic heterocycles. The number of anilines is 1. The van der Waals surface area contributed by atoms with E-state index in [0.29, 0.717) is 9.90 Å². The van der Waals surface area contributed by atoms with Gasteiger partial charge in [0.25, 0.3) is 10.0 Å². The molecule has 1 aromatic carbocycles. The number of benzene rings is 1. The summed E-state index contributed by atoms with van der Waals surface area (Å²) in [5, 5.41) is 3.64. The van der Waals surface area contributed by atoms with E-state index in [1.807, 2.05) is 30.5 Å². The van der Waals surface area contributed by atoms with E-state index >= 15 is 0 Å². The van der Waals surface area contributed by atoms with E-state index in [1.165, 1.54) is 33.4 Å². The van der Waals surface area contributed by atoms with Crippen LogP contribution in [-0.4, -0.2) is 42.9 Å². The third-order valence-electron chi connectivity index (χ3n) is 5.60. The Balaban J connectivity index is 1.51. The Bertz CT molecular complexity index is 1330. The molecule has 6 nitrogen and oxygen atoms in total. The molecular formula is C23H24N4O2S3. The first kappa shape index (κ1) is 21.4. The maximum atomic E-state index is 13.3. The van der Waals surface area contributed by atoms with Gasteiger partial charge in [0, 0.05) is 23.0 Å². The zero-order chi connectivity index (χ0) is 22.1. The number of thiophene rings is 1. The molecule has 1 saturated heterocycles. The van der Waals surface area contributed by atoms with Crippen molar-refractivity contribution in [2.45, 2.75) is 23.6 Å². The number of aromatic amines is 1. The molecule has 166 valence electrons. The van der Waals surface area contributed by atoms with Crippen molar-refractivity contribution < 1.29 is 8.42 Å². The number of hydrogen-bond donors (Lipinski definition) is 1. The Hall–Kier alpha value is -2.46. The molecule has 0 atom stereocenters. The average molecular weight is 485 g/mol. The van der Waals surface area contributed by atoms with E-state index in [0.717, 1.165) is 41.2 Å². The number of thiazole rings is 1. The third kappa shape index (κ3) is 4.01. The smallest absolute Gasteiger partial charge is 0.274 e. The molecule has 1 N–H and O–H groups in total. The van der Waals surface area contributed by atoms with E-state index in [9.17, 15) is 8.42 Å². The monoisotopic (exact) mass is 484 g/mol. The lowest BCUT2D eigenvalue weighted by atomic mass is 10.2. The number of nitrogens with one attached hydrogen (secondary N) is 1. The van der Waals surface area contributed by atoms with Gasteiger partial charge in [-0.25, -0.2) is 13.4 Å². The fourth-order valence-corrected chi connectivity index (χ4v) is 7.57. The Morgan fingerprint density at radius 3 is 2.81 bits per heavy atom. The van der Waals surface area contributed by atoms with E-state index < -0.39 is 10.0 Å². The highest BCUT2D eigenvalue weighted by molar-refractivity contribution is 7.94. The molecule has 4 aromatic rings. The van der Waals surface area contributed by atoms with Crippen molar-refractivity contribution in [2.75, 3.05) is 23.9 Å². The Kier molecular flexibility index (Phi) is 5.90. The molecule has 0 amide bonds. The first-order chi connectivity index (χ1) is 15.6. The van der Waals surface area contributed by atoms with Crippen molar-refractivity contribution in [1.82, 2.24) is 14.9 Å². The molecule has 0 unspecified atom stereocenters. The van der Waals surface area contributed by atoms with Gasteiger partial charge in [-0.05, 0) is 49.5 Å². The number of sulfonamides is 1. The molecule has 1 fully saturated rings. The van der Waals surface area contributed by atoms with E-state index in [2.05, 4.69) is 21.4 Å². The van der Waals surface area contributed by atoms with Gasteiger partial charge in [0.05, 0.1) is 23.4 Å². The highest BCUT2D eigenvalue weighted by Crippen LogP contribution is 2.35. The third-order valence-corrected chi connectivity index (χ3v) is 9.77. The van der Waals surface area contributed by atoms with Gasteiger partial charge in [-0.1, -0.05) is 24.3 Å². The fraction of sp³-hybridized carbons (Fsp3) is 0.261. The van der Waals surface area contributed by atoms with Crippen molar-refractivity contribution in [3.05, 3.63) is 65.5 Å². The van der Waals surface area contributed by atoms with Crippen molar-refractivity contribution >= 4 is 49.3 Å². The van der Waals surface area contributed by atoms with Crippen molar-refractivity contribution in [2.24, 2.45) is 0 Å².